The molecule has 0 saturated carbocycles. The van der Waals surface area contributed by atoms with Gasteiger partial charge >= 0.3 is 0 Å². The first kappa shape index (κ1) is 17.9. The first-order valence-corrected chi connectivity index (χ1v) is 7.99. The van der Waals surface area contributed by atoms with Crippen LogP contribution in [0.2, 0.25) is 0 Å². The monoisotopic (exact) mass is 293 g/mol. The molecule has 0 aromatic carbocycles. The molecule has 0 aliphatic carbocycles. The van der Waals surface area contributed by atoms with Crippen LogP contribution in [0, 0.1) is 11.3 Å². The van der Waals surface area contributed by atoms with Gasteiger partial charge in [0.15, 0.2) is 0 Å². The third kappa shape index (κ3) is 6.00. The smallest absolute Gasteiger partial charge is 0.138 e. The van der Waals surface area contributed by atoms with E-state index in [0.717, 1.165) is 18.5 Å². The van der Waals surface area contributed by atoms with Crippen LogP contribution in [0.3, 0.4) is 0 Å². The van der Waals surface area contributed by atoms with Crippen LogP contribution in [0.5, 0.6) is 0 Å². The maximum absolute atomic E-state index is 12.1. The van der Waals surface area contributed by atoms with Crippen molar-refractivity contribution in [1.82, 2.24) is 9.78 Å². The molecule has 0 aliphatic heterocycles. The van der Waals surface area contributed by atoms with Crippen LogP contribution in [0.15, 0.2) is 12.3 Å². The second-order valence-corrected chi connectivity index (χ2v) is 7.28. The van der Waals surface area contributed by atoms with Gasteiger partial charge in [-0.15, -0.1) is 0 Å². The zero-order chi connectivity index (χ0) is 16.0. The lowest BCUT2D eigenvalue weighted by Gasteiger charge is -2.30. The first-order chi connectivity index (χ1) is 9.74. The second-order valence-electron chi connectivity index (χ2n) is 7.28. The molecule has 0 radical (unpaired) electrons. The van der Waals surface area contributed by atoms with Crippen molar-refractivity contribution >= 4 is 5.78 Å². The van der Waals surface area contributed by atoms with Crippen molar-refractivity contribution in [3.63, 3.8) is 0 Å². The number of carbonyl (C=O) groups excluding carboxylic acids is 1. The summed E-state index contributed by atoms with van der Waals surface area (Å²) >= 11 is 0. The van der Waals surface area contributed by atoms with Gasteiger partial charge < -0.3 is 5.73 Å². The molecule has 0 amide bonds. The van der Waals surface area contributed by atoms with Gasteiger partial charge in [0.25, 0.3) is 0 Å². The molecule has 0 spiro atoms. The van der Waals surface area contributed by atoms with Gasteiger partial charge in [0.2, 0.25) is 0 Å². The summed E-state index contributed by atoms with van der Waals surface area (Å²) in [5, 5.41) is 4.44. The number of rotatable bonds is 8. The number of carbonyl (C=O) groups is 1. The average molecular weight is 293 g/mol. The fraction of sp³-hybridized carbons (Fsp3) is 0.765. The number of hydrogen-bond acceptors (Lipinski definition) is 3. The van der Waals surface area contributed by atoms with Crippen molar-refractivity contribution in [2.75, 3.05) is 6.54 Å². The van der Waals surface area contributed by atoms with Crippen LogP contribution in [0.4, 0.5) is 0 Å². The molecule has 4 nitrogen and oxygen atoms in total. The highest BCUT2D eigenvalue weighted by molar-refractivity contribution is 5.80. The predicted molar refractivity (Wildman–Crippen MR) is 87.2 cm³/mol. The molecule has 21 heavy (non-hydrogen) atoms. The normalized spacial score (nSPS) is 13.7. The van der Waals surface area contributed by atoms with Crippen LogP contribution in [0.1, 0.15) is 65.6 Å². The standard InChI is InChI=1S/C17H31N3O/c1-13(2)20-11-9-15(19-20)12-16(21)7-6-14(8-10-18)17(3,4)5/h9,11,13-14H,6-8,10,12,18H2,1-5H3. The Morgan fingerprint density at radius 2 is 2.00 bits per heavy atom. The molecular weight excluding hydrogens is 262 g/mol. The zero-order valence-electron chi connectivity index (χ0n) is 14.2. The lowest BCUT2D eigenvalue weighted by molar-refractivity contribution is -0.118. The topological polar surface area (TPSA) is 60.9 Å². The van der Waals surface area contributed by atoms with E-state index in [1.54, 1.807) is 0 Å². The predicted octanol–water partition coefficient (Wildman–Crippen LogP) is 3.37. The molecule has 4 heteroatoms. The van der Waals surface area contributed by atoms with Crippen LogP contribution in [-0.2, 0) is 11.2 Å². The summed E-state index contributed by atoms with van der Waals surface area (Å²) in [6.07, 6.45) is 4.92. The van der Waals surface area contributed by atoms with Gasteiger partial charge in [-0.1, -0.05) is 20.8 Å². The molecule has 1 rings (SSSR count). The van der Waals surface area contributed by atoms with E-state index < -0.39 is 0 Å². The molecule has 1 atom stereocenters. The number of ketones is 1. The quantitative estimate of drug-likeness (QED) is 0.799. The summed E-state index contributed by atoms with van der Waals surface area (Å²) in [6, 6.07) is 2.28. The fourth-order valence-corrected chi connectivity index (χ4v) is 2.60. The highest BCUT2D eigenvalue weighted by Gasteiger charge is 2.24. The van der Waals surface area contributed by atoms with Crippen LogP contribution in [-0.4, -0.2) is 22.1 Å². The fourth-order valence-electron chi connectivity index (χ4n) is 2.60. The highest BCUT2D eigenvalue weighted by atomic mass is 16.1. The number of aromatic nitrogens is 2. The number of nitrogens with two attached hydrogens (primary N) is 1. The van der Waals surface area contributed by atoms with Gasteiger partial charge in [-0.05, 0) is 50.6 Å². The van der Waals surface area contributed by atoms with Crippen molar-refractivity contribution in [2.45, 2.75) is 66.3 Å². The van der Waals surface area contributed by atoms with Gasteiger partial charge in [-0.2, -0.15) is 5.10 Å². The number of Topliss-reactive ketones (excluding diaryl/α,β-unsaturated/α-hetero) is 1. The average Bonchev–Trinajstić information content (AvgIpc) is 2.81. The molecule has 2 N–H and O–H groups in total. The number of nitrogens with zero attached hydrogens (tertiary/aromatic N) is 2. The minimum atomic E-state index is 0.207. The van der Waals surface area contributed by atoms with E-state index in [0.29, 0.717) is 31.3 Å². The summed E-state index contributed by atoms with van der Waals surface area (Å²) in [5.41, 5.74) is 6.77. The summed E-state index contributed by atoms with van der Waals surface area (Å²) in [7, 11) is 0. The molecule has 0 bridgehead atoms. The molecule has 0 aliphatic rings. The minimum absolute atomic E-state index is 0.207. The summed E-state index contributed by atoms with van der Waals surface area (Å²) in [4.78, 5) is 12.1. The second kappa shape index (κ2) is 7.74. The summed E-state index contributed by atoms with van der Waals surface area (Å²) < 4.78 is 1.90. The molecule has 1 aromatic heterocycles. The van der Waals surface area contributed by atoms with Crippen molar-refractivity contribution in [3.05, 3.63) is 18.0 Å². The Morgan fingerprint density at radius 1 is 1.33 bits per heavy atom. The van der Waals surface area contributed by atoms with Crippen molar-refractivity contribution in [2.24, 2.45) is 17.1 Å². The SMILES string of the molecule is CC(C)n1ccc(CC(=O)CCC(CCN)C(C)(C)C)n1. The minimum Gasteiger partial charge on any atom is -0.330 e. The molecule has 0 fully saturated rings. The molecule has 1 unspecified atom stereocenters. The maximum atomic E-state index is 12.1. The van der Waals surface area contributed by atoms with Gasteiger partial charge in [-0.25, -0.2) is 0 Å². The van der Waals surface area contributed by atoms with Crippen LogP contribution >= 0.6 is 0 Å². The third-order valence-electron chi connectivity index (χ3n) is 4.08. The van der Waals surface area contributed by atoms with Gasteiger partial charge in [0, 0.05) is 18.7 Å². The number of hydrogen-bond donors (Lipinski definition) is 1. The Hall–Kier alpha value is -1.16. The van der Waals surface area contributed by atoms with E-state index in [4.69, 9.17) is 5.73 Å². The van der Waals surface area contributed by atoms with Gasteiger partial charge in [0.05, 0.1) is 12.1 Å². The zero-order valence-corrected chi connectivity index (χ0v) is 14.2. The molecule has 1 aromatic rings. The maximum Gasteiger partial charge on any atom is 0.138 e. The Morgan fingerprint density at radius 3 is 2.48 bits per heavy atom. The van der Waals surface area contributed by atoms with Crippen molar-refractivity contribution < 1.29 is 4.79 Å². The Labute approximate surface area is 129 Å². The van der Waals surface area contributed by atoms with Crippen LogP contribution in [0.25, 0.3) is 0 Å². The molecule has 120 valence electrons. The lowest BCUT2D eigenvalue weighted by Crippen LogP contribution is -2.24. The van der Waals surface area contributed by atoms with E-state index in [9.17, 15) is 4.79 Å². The van der Waals surface area contributed by atoms with Gasteiger partial charge in [0.1, 0.15) is 5.78 Å². The molecule has 0 saturated heterocycles. The highest BCUT2D eigenvalue weighted by Crippen LogP contribution is 2.32. The van der Waals surface area contributed by atoms with E-state index in [1.165, 1.54) is 0 Å². The third-order valence-corrected chi connectivity index (χ3v) is 4.08. The van der Waals surface area contributed by atoms with Gasteiger partial charge in [-0.3, -0.25) is 9.48 Å². The van der Waals surface area contributed by atoms with E-state index in [2.05, 4.69) is 39.7 Å². The lowest BCUT2D eigenvalue weighted by atomic mass is 9.76. The summed E-state index contributed by atoms with van der Waals surface area (Å²) in [6.45, 7) is 11.5. The largest absolute Gasteiger partial charge is 0.330 e. The first-order valence-electron chi connectivity index (χ1n) is 7.99. The molecular formula is C17H31N3O. The Kier molecular flexibility index (Phi) is 6.59. The summed E-state index contributed by atoms with van der Waals surface area (Å²) in [5.74, 6) is 0.773. The van der Waals surface area contributed by atoms with E-state index >= 15 is 0 Å². The van der Waals surface area contributed by atoms with E-state index in [1.807, 2.05) is 16.9 Å². The van der Waals surface area contributed by atoms with Crippen LogP contribution < -0.4 is 5.73 Å². The van der Waals surface area contributed by atoms with E-state index in [-0.39, 0.29) is 11.2 Å². The Bertz CT molecular complexity index is 443. The van der Waals surface area contributed by atoms with Crippen molar-refractivity contribution in [1.29, 1.82) is 0 Å². The van der Waals surface area contributed by atoms with Crippen molar-refractivity contribution in [3.8, 4) is 0 Å². The molecule has 1 heterocycles. The Balaban J connectivity index is 2.49.